The Morgan fingerprint density at radius 2 is 1.71 bits per heavy atom. The minimum absolute atomic E-state index is 0.126. The van der Waals surface area contributed by atoms with E-state index < -0.39 is 23.1 Å². The molecule has 0 aliphatic rings. The fourth-order valence-corrected chi connectivity index (χ4v) is 3.80. The van der Waals surface area contributed by atoms with Crippen LogP contribution in [-0.2, 0) is 12.7 Å². The van der Waals surface area contributed by atoms with Crippen molar-refractivity contribution in [3.8, 4) is 0 Å². The maximum atomic E-state index is 13.2. The Hall–Kier alpha value is -3.09. The van der Waals surface area contributed by atoms with Crippen LogP contribution < -0.4 is 10.7 Å². The molecule has 7 heteroatoms. The second-order valence-corrected chi connectivity index (χ2v) is 7.88. The van der Waals surface area contributed by atoms with Crippen LogP contribution in [0.4, 0.5) is 13.2 Å². The maximum absolute atomic E-state index is 13.2. The number of aromatic nitrogens is 1. The minimum Gasteiger partial charge on any atom is -0.347 e. The Balaban J connectivity index is 2.05. The van der Waals surface area contributed by atoms with Crippen molar-refractivity contribution in [3.05, 3.63) is 80.1 Å². The monoisotopic (exact) mass is 430 g/mol. The van der Waals surface area contributed by atoms with Crippen LogP contribution in [0.25, 0.3) is 10.9 Å². The maximum Gasteiger partial charge on any atom is 0.416 e. The molecular formula is C24H25F3N2O2. The fourth-order valence-electron chi connectivity index (χ4n) is 3.80. The van der Waals surface area contributed by atoms with Gasteiger partial charge in [0.1, 0.15) is 5.56 Å². The third-order valence-electron chi connectivity index (χ3n) is 5.69. The van der Waals surface area contributed by atoms with Crippen molar-refractivity contribution < 1.29 is 18.0 Å². The lowest BCUT2D eigenvalue weighted by Gasteiger charge is -2.19. The molecule has 3 aromatic rings. The molecule has 0 radical (unpaired) electrons. The second kappa shape index (κ2) is 8.21. The highest BCUT2D eigenvalue weighted by molar-refractivity contribution is 5.97. The molecule has 0 saturated heterocycles. The zero-order valence-electron chi connectivity index (χ0n) is 18.1. The molecule has 0 spiro atoms. The lowest BCUT2D eigenvalue weighted by Crippen LogP contribution is -2.32. The first kappa shape index (κ1) is 22.6. The number of nitrogens with one attached hydrogen (secondary N) is 1. The van der Waals surface area contributed by atoms with Crippen LogP contribution in [0.2, 0.25) is 0 Å². The van der Waals surface area contributed by atoms with Crippen LogP contribution in [-0.4, -0.2) is 10.5 Å². The van der Waals surface area contributed by atoms with Crippen molar-refractivity contribution in [1.29, 1.82) is 0 Å². The van der Waals surface area contributed by atoms with Gasteiger partial charge in [-0.05, 0) is 75.1 Å². The summed E-state index contributed by atoms with van der Waals surface area (Å²) in [6, 6.07) is 6.68. The largest absolute Gasteiger partial charge is 0.416 e. The number of aryl methyl sites for hydroxylation is 4. The lowest BCUT2D eigenvalue weighted by atomic mass is 9.96. The SMILES string of the molecule is CCn1cc(C(=O)N[C@@H](C)c2cc(C)c(C)cc2C)c(=O)c2cc(C(F)(F)F)ccc21. The number of hydrogen-bond acceptors (Lipinski definition) is 2. The number of alkyl halides is 3. The molecule has 0 aliphatic heterocycles. The summed E-state index contributed by atoms with van der Waals surface area (Å²) in [6.45, 7) is 9.94. The van der Waals surface area contributed by atoms with E-state index in [0.717, 1.165) is 34.4 Å². The van der Waals surface area contributed by atoms with Crippen molar-refractivity contribution in [2.45, 2.75) is 53.4 Å². The van der Waals surface area contributed by atoms with Crippen LogP contribution in [0.5, 0.6) is 0 Å². The van der Waals surface area contributed by atoms with E-state index in [2.05, 4.69) is 5.32 Å². The fraction of sp³-hybridized carbons (Fsp3) is 0.333. The van der Waals surface area contributed by atoms with Gasteiger partial charge in [-0.2, -0.15) is 13.2 Å². The number of benzene rings is 2. The molecule has 0 saturated carbocycles. The number of hydrogen-bond donors (Lipinski definition) is 1. The number of amides is 1. The molecule has 1 aromatic heterocycles. The van der Waals surface area contributed by atoms with Gasteiger partial charge in [0.05, 0.1) is 17.1 Å². The summed E-state index contributed by atoms with van der Waals surface area (Å²) in [5, 5.41) is 2.70. The average Bonchev–Trinajstić information content (AvgIpc) is 2.70. The summed E-state index contributed by atoms with van der Waals surface area (Å²) in [6.07, 6.45) is -3.17. The molecule has 1 atom stereocenters. The summed E-state index contributed by atoms with van der Waals surface area (Å²) in [4.78, 5) is 25.9. The topological polar surface area (TPSA) is 51.1 Å². The van der Waals surface area contributed by atoms with Crippen LogP contribution in [0.1, 0.15) is 58.1 Å². The number of carbonyl (C=O) groups excluding carboxylic acids is 1. The van der Waals surface area contributed by atoms with Crippen LogP contribution in [0, 0.1) is 20.8 Å². The van der Waals surface area contributed by atoms with Gasteiger partial charge in [0.15, 0.2) is 0 Å². The Bertz CT molecular complexity index is 1230. The van der Waals surface area contributed by atoms with Crippen molar-refractivity contribution in [2.75, 3.05) is 0 Å². The normalized spacial score (nSPS) is 12.8. The number of pyridine rings is 1. The number of carbonyl (C=O) groups is 1. The van der Waals surface area contributed by atoms with E-state index in [0.29, 0.717) is 12.1 Å². The lowest BCUT2D eigenvalue weighted by molar-refractivity contribution is -0.137. The van der Waals surface area contributed by atoms with Gasteiger partial charge < -0.3 is 9.88 Å². The van der Waals surface area contributed by atoms with Crippen LogP contribution >= 0.6 is 0 Å². The summed E-state index contributed by atoms with van der Waals surface area (Å²) in [7, 11) is 0. The van der Waals surface area contributed by atoms with Crippen molar-refractivity contribution in [2.24, 2.45) is 0 Å². The standard InChI is InChI=1S/C24H25F3N2O2/c1-6-29-12-20(22(30)19-11-17(24(25,26)27)7-8-21(19)29)23(31)28-16(5)18-10-14(3)13(2)9-15(18)4/h7-12,16H,6H2,1-5H3,(H,28,31)/t16-/m0/s1. The quantitative estimate of drug-likeness (QED) is 0.598. The molecule has 0 fully saturated rings. The Labute approximate surface area is 178 Å². The van der Waals surface area contributed by atoms with E-state index in [4.69, 9.17) is 0 Å². The number of halogens is 3. The molecule has 164 valence electrons. The summed E-state index contributed by atoms with van der Waals surface area (Å²) in [5.41, 5.74) is 2.70. The Morgan fingerprint density at radius 3 is 2.32 bits per heavy atom. The highest BCUT2D eigenvalue weighted by Crippen LogP contribution is 2.31. The number of rotatable bonds is 4. The van der Waals surface area contributed by atoms with Gasteiger partial charge in [-0.1, -0.05) is 12.1 Å². The van der Waals surface area contributed by atoms with Crippen LogP contribution in [0.15, 0.2) is 41.3 Å². The van der Waals surface area contributed by atoms with Crippen LogP contribution in [0.3, 0.4) is 0 Å². The number of fused-ring (bicyclic) bond motifs is 1. The summed E-state index contributed by atoms with van der Waals surface area (Å²) >= 11 is 0. The van der Waals surface area contributed by atoms with Gasteiger partial charge in [-0.3, -0.25) is 9.59 Å². The first-order chi connectivity index (χ1) is 14.4. The number of nitrogens with zero attached hydrogens (tertiary/aromatic N) is 1. The second-order valence-electron chi connectivity index (χ2n) is 7.88. The first-order valence-electron chi connectivity index (χ1n) is 10.1. The van der Waals surface area contributed by atoms with Gasteiger partial charge in [-0.15, -0.1) is 0 Å². The van der Waals surface area contributed by atoms with Crippen molar-refractivity contribution >= 4 is 16.8 Å². The summed E-state index contributed by atoms with van der Waals surface area (Å²) < 4.78 is 41.1. The smallest absolute Gasteiger partial charge is 0.347 e. The van der Waals surface area contributed by atoms with E-state index in [1.54, 1.807) is 11.5 Å². The van der Waals surface area contributed by atoms with Crippen molar-refractivity contribution in [1.82, 2.24) is 9.88 Å². The molecule has 1 amide bonds. The average molecular weight is 430 g/mol. The third-order valence-corrected chi connectivity index (χ3v) is 5.69. The molecule has 0 bridgehead atoms. The van der Waals surface area contributed by atoms with E-state index in [9.17, 15) is 22.8 Å². The van der Waals surface area contributed by atoms with Gasteiger partial charge in [0.25, 0.3) is 5.91 Å². The van der Waals surface area contributed by atoms with E-state index >= 15 is 0 Å². The molecule has 0 aliphatic carbocycles. The van der Waals surface area contributed by atoms with Gasteiger partial charge in [-0.25, -0.2) is 0 Å². The van der Waals surface area contributed by atoms with E-state index in [1.807, 2.05) is 39.8 Å². The first-order valence-corrected chi connectivity index (χ1v) is 10.1. The molecule has 4 nitrogen and oxygen atoms in total. The van der Waals surface area contributed by atoms with Crippen molar-refractivity contribution in [3.63, 3.8) is 0 Å². The molecule has 1 heterocycles. The minimum atomic E-state index is -4.58. The van der Waals surface area contributed by atoms with E-state index in [-0.39, 0.29) is 17.0 Å². The highest BCUT2D eigenvalue weighted by atomic mass is 19.4. The highest BCUT2D eigenvalue weighted by Gasteiger charge is 2.31. The predicted molar refractivity (Wildman–Crippen MR) is 115 cm³/mol. The zero-order valence-corrected chi connectivity index (χ0v) is 18.1. The molecule has 31 heavy (non-hydrogen) atoms. The van der Waals surface area contributed by atoms with Gasteiger partial charge in [0.2, 0.25) is 5.43 Å². The zero-order chi connectivity index (χ0) is 23.1. The predicted octanol–water partition coefficient (Wildman–Crippen LogP) is 5.46. The third kappa shape index (κ3) is 4.36. The van der Waals surface area contributed by atoms with Gasteiger partial charge in [0, 0.05) is 18.1 Å². The molecule has 0 unspecified atom stereocenters. The van der Waals surface area contributed by atoms with E-state index in [1.165, 1.54) is 12.3 Å². The summed E-state index contributed by atoms with van der Waals surface area (Å²) in [5.74, 6) is -0.614. The van der Waals surface area contributed by atoms with Gasteiger partial charge >= 0.3 is 6.18 Å². The Morgan fingerprint density at radius 1 is 1.06 bits per heavy atom. The molecule has 3 rings (SSSR count). The molecule has 1 N–H and O–H groups in total. The Kier molecular flexibility index (Phi) is 5.98. The molecular weight excluding hydrogens is 405 g/mol. The molecule has 2 aromatic carbocycles.